The lowest BCUT2D eigenvalue weighted by Gasteiger charge is -2.23. The molecule has 2 rings (SSSR count). The van der Waals surface area contributed by atoms with Crippen LogP contribution in [-0.4, -0.2) is 23.2 Å². The number of amides is 1. The number of benzene rings is 2. The highest BCUT2D eigenvalue weighted by Crippen LogP contribution is 2.37. The highest BCUT2D eigenvalue weighted by molar-refractivity contribution is 5.78. The minimum Gasteiger partial charge on any atom is -0.481 e. The summed E-state index contributed by atoms with van der Waals surface area (Å²) < 4.78 is 40.1. The van der Waals surface area contributed by atoms with E-state index in [2.05, 4.69) is 5.32 Å². The molecule has 2 N–H and O–H groups in total. The van der Waals surface area contributed by atoms with Crippen molar-refractivity contribution in [2.75, 3.05) is 0 Å². The van der Waals surface area contributed by atoms with Crippen molar-refractivity contribution < 1.29 is 27.9 Å². The van der Waals surface area contributed by atoms with Gasteiger partial charge >= 0.3 is 12.1 Å². The van der Waals surface area contributed by atoms with Crippen LogP contribution in [0.15, 0.2) is 60.7 Å². The van der Waals surface area contributed by atoms with Crippen molar-refractivity contribution in [2.24, 2.45) is 0 Å². The van der Waals surface area contributed by atoms with Gasteiger partial charge in [0.2, 0.25) is 5.91 Å². The molecule has 2 aromatic carbocycles. The van der Waals surface area contributed by atoms with Gasteiger partial charge in [0, 0.05) is 6.42 Å². The van der Waals surface area contributed by atoms with Crippen LogP contribution in [0.3, 0.4) is 0 Å². The SMILES string of the molecule is O=C(O)CC(NC(=O)CC(c1ccccc1)C(F)(F)F)c1ccccc1. The first-order valence-corrected chi connectivity index (χ1v) is 7.95. The van der Waals surface area contributed by atoms with Crippen LogP contribution in [0, 0.1) is 0 Å². The second kappa shape index (κ2) is 8.51. The van der Waals surface area contributed by atoms with Gasteiger partial charge < -0.3 is 10.4 Å². The smallest absolute Gasteiger partial charge is 0.396 e. The van der Waals surface area contributed by atoms with E-state index in [4.69, 9.17) is 5.11 Å². The first kappa shape index (κ1) is 19.5. The van der Waals surface area contributed by atoms with Gasteiger partial charge in [-0.3, -0.25) is 9.59 Å². The fraction of sp³-hybridized carbons (Fsp3) is 0.263. The molecular weight excluding hydrogens is 347 g/mol. The lowest BCUT2D eigenvalue weighted by Crippen LogP contribution is -2.34. The molecule has 4 nitrogen and oxygen atoms in total. The summed E-state index contributed by atoms with van der Waals surface area (Å²) in [5.41, 5.74) is 0.510. The Morgan fingerprint density at radius 2 is 1.38 bits per heavy atom. The maximum Gasteiger partial charge on any atom is 0.396 e. The molecule has 0 heterocycles. The van der Waals surface area contributed by atoms with E-state index < -0.39 is 42.9 Å². The van der Waals surface area contributed by atoms with Crippen LogP contribution >= 0.6 is 0 Å². The molecule has 138 valence electrons. The number of rotatable bonds is 7. The van der Waals surface area contributed by atoms with Crippen LogP contribution in [0.1, 0.15) is 35.9 Å². The Hall–Kier alpha value is -2.83. The molecule has 0 aliphatic carbocycles. The molecule has 0 saturated carbocycles. The maximum absolute atomic E-state index is 13.4. The molecule has 0 spiro atoms. The first-order valence-electron chi connectivity index (χ1n) is 7.95. The normalized spacial score (nSPS) is 13.7. The Labute approximate surface area is 148 Å². The van der Waals surface area contributed by atoms with Gasteiger partial charge in [-0.2, -0.15) is 13.2 Å². The molecule has 2 aromatic rings. The summed E-state index contributed by atoms with van der Waals surface area (Å²) in [5, 5.41) is 11.4. The fourth-order valence-corrected chi connectivity index (χ4v) is 2.66. The van der Waals surface area contributed by atoms with Gasteiger partial charge in [0.05, 0.1) is 18.4 Å². The second-order valence-electron chi connectivity index (χ2n) is 5.84. The van der Waals surface area contributed by atoms with E-state index in [0.29, 0.717) is 5.56 Å². The summed E-state index contributed by atoms with van der Waals surface area (Å²) in [6, 6.07) is 14.6. The Morgan fingerprint density at radius 3 is 1.85 bits per heavy atom. The third-order valence-electron chi connectivity index (χ3n) is 3.90. The van der Waals surface area contributed by atoms with Crippen molar-refractivity contribution >= 4 is 11.9 Å². The molecule has 7 heteroatoms. The standard InChI is InChI=1S/C19H18F3NO3/c20-19(21,22)15(13-7-3-1-4-8-13)11-17(24)23-16(12-18(25)26)14-9-5-2-6-10-14/h1-10,15-16H,11-12H2,(H,23,24)(H,25,26). The molecular formula is C19H18F3NO3. The number of aliphatic carboxylic acids is 1. The zero-order chi connectivity index (χ0) is 19.2. The number of carbonyl (C=O) groups excluding carboxylic acids is 1. The van der Waals surface area contributed by atoms with Crippen LogP contribution < -0.4 is 5.32 Å². The van der Waals surface area contributed by atoms with Gasteiger partial charge in [-0.05, 0) is 11.1 Å². The minimum atomic E-state index is -4.59. The van der Waals surface area contributed by atoms with E-state index in [1.165, 1.54) is 24.3 Å². The third kappa shape index (κ3) is 5.61. The summed E-state index contributed by atoms with van der Waals surface area (Å²) in [4.78, 5) is 23.3. The van der Waals surface area contributed by atoms with Crippen molar-refractivity contribution in [3.63, 3.8) is 0 Å². The largest absolute Gasteiger partial charge is 0.481 e. The maximum atomic E-state index is 13.4. The number of hydrogen-bond donors (Lipinski definition) is 2. The van der Waals surface area contributed by atoms with E-state index in [0.717, 1.165) is 0 Å². The zero-order valence-electron chi connectivity index (χ0n) is 13.7. The summed E-state index contributed by atoms with van der Waals surface area (Å²) in [6.45, 7) is 0. The zero-order valence-corrected chi connectivity index (χ0v) is 13.7. The molecule has 0 aliphatic heterocycles. The van der Waals surface area contributed by atoms with E-state index in [1.807, 2.05) is 0 Å². The Balaban J connectivity index is 2.16. The van der Waals surface area contributed by atoms with Crippen molar-refractivity contribution in [3.8, 4) is 0 Å². The lowest BCUT2D eigenvalue weighted by molar-refractivity contribution is -0.157. The average molecular weight is 365 g/mol. The van der Waals surface area contributed by atoms with Crippen LogP contribution in [0.5, 0.6) is 0 Å². The number of alkyl halides is 3. The highest BCUT2D eigenvalue weighted by Gasteiger charge is 2.42. The van der Waals surface area contributed by atoms with Crippen LogP contribution in [-0.2, 0) is 9.59 Å². The van der Waals surface area contributed by atoms with Gasteiger partial charge in [-0.15, -0.1) is 0 Å². The summed E-state index contributed by atoms with van der Waals surface area (Å²) in [7, 11) is 0. The van der Waals surface area contributed by atoms with Gasteiger partial charge in [0.25, 0.3) is 0 Å². The van der Waals surface area contributed by atoms with Crippen molar-refractivity contribution in [2.45, 2.75) is 31.0 Å². The molecule has 1 amide bonds. The molecule has 0 aromatic heterocycles. The molecule has 2 unspecified atom stereocenters. The van der Waals surface area contributed by atoms with Gasteiger partial charge in [0.15, 0.2) is 0 Å². The average Bonchev–Trinajstić information content (AvgIpc) is 2.59. The number of carbonyl (C=O) groups is 2. The van der Waals surface area contributed by atoms with Gasteiger partial charge in [0.1, 0.15) is 0 Å². The predicted molar refractivity (Wildman–Crippen MR) is 89.4 cm³/mol. The fourth-order valence-electron chi connectivity index (χ4n) is 2.66. The topological polar surface area (TPSA) is 66.4 Å². The molecule has 26 heavy (non-hydrogen) atoms. The van der Waals surface area contributed by atoms with Crippen molar-refractivity contribution in [3.05, 3.63) is 71.8 Å². The lowest BCUT2D eigenvalue weighted by atomic mass is 9.94. The number of halogens is 3. The Morgan fingerprint density at radius 1 is 0.885 bits per heavy atom. The van der Waals surface area contributed by atoms with Crippen molar-refractivity contribution in [1.29, 1.82) is 0 Å². The van der Waals surface area contributed by atoms with Gasteiger partial charge in [-0.1, -0.05) is 60.7 Å². The third-order valence-corrected chi connectivity index (χ3v) is 3.90. The molecule has 0 saturated heterocycles. The van der Waals surface area contributed by atoms with Crippen LogP contribution in [0.25, 0.3) is 0 Å². The molecule has 0 radical (unpaired) electrons. The number of carboxylic acid groups (broad SMARTS) is 1. The van der Waals surface area contributed by atoms with E-state index in [9.17, 15) is 22.8 Å². The monoisotopic (exact) mass is 365 g/mol. The van der Waals surface area contributed by atoms with E-state index >= 15 is 0 Å². The van der Waals surface area contributed by atoms with E-state index in [-0.39, 0.29) is 5.56 Å². The molecule has 0 fully saturated rings. The molecule has 0 aliphatic rings. The minimum absolute atomic E-state index is 0.00959. The molecule has 0 bridgehead atoms. The van der Waals surface area contributed by atoms with Gasteiger partial charge in [-0.25, -0.2) is 0 Å². The molecule has 2 atom stereocenters. The summed E-state index contributed by atoms with van der Waals surface area (Å²) in [5.74, 6) is -3.97. The number of carboxylic acids is 1. The van der Waals surface area contributed by atoms with Crippen molar-refractivity contribution in [1.82, 2.24) is 5.32 Å². The van der Waals surface area contributed by atoms with E-state index in [1.54, 1.807) is 36.4 Å². The Bertz CT molecular complexity index is 733. The highest BCUT2D eigenvalue weighted by atomic mass is 19.4. The summed E-state index contributed by atoms with van der Waals surface area (Å²) in [6.07, 6.45) is -5.82. The van der Waals surface area contributed by atoms with Crippen LogP contribution in [0.4, 0.5) is 13.2 Å². The summed E-state index contributed by atoms with van der Waals surface area (Å²) >= 11 is 0. The number of nitrogens with one attached hydrogen (secondary N) is 1. The quantitative estimate of drug-likeness (QED) is 0.778. The Kier molecular flexibility index (Phi) is 6.38. The number of hydrogen-bond acceptors (Lipinski definition) is 2. The van der Waals surface area contributed by atoms with Crippen LogP contribution in [0.2, 0.25) is 0 Å². The first-order chi connectivity index (χ1) is 12.3. The predicted octanol–water partition coefficient (Wildman–Crippen LogP) is 4.05. The second-order valence-corrected chi connectivity index (χ2v) is 5.84.